The molecule has 0 aromatic heterocycles. The van der Waals surface area contributed by atoms with E-state index < -0.39 is 0 Å². The van der Waals surface area contributed by atoms with Crippen molar-refractivity contribution >= 4 is 23.2 Å². The number of rotatable bonds is 4. The van der Waals surface area contributed by atoms with Crippen LogP contribution < -0.4 is 0 Å². The zero-order valence-corrected chi connectivity index (χ0v) is 10.9. The average molecular weight is 259 g/mol. The van der Waals surface area contributed by atoms with Crippen LogP contribution in [0.15, 0.2) is 18.2 Å². The molecule has 0 bridgehead atoms. The number of aliphatic hydroxyl groups excluding tert-OH is 1. The van der Waals surface area contributed by atoms with Gasteiger partial charge in [-0.25, -0.2) is 0 Å². The van der Waals surface area contributed by atoms with Crippen LogP contribution >= 0.6 is 23.2 Å². The molecular formula is C13H16Cl2O. The van der Waals surface area contributed by atoms with Crippen LogP contribution in [-0.4, -0.2) is 11.7 Å². The summed E-state index contributed by atoms with van der Waals surface area (Å²) in [5.74, 6) is 0.632. The second kappa shape index (κ2) is 4.56. The highest BCUT2D eigenvalue weighted by atomic mass is 35.5. The van der Waals surface area contributed by atoms with Crippen molar-refractivity contribution in [3.8, 4) is 0 Å². The van der Waals surface area contributed by atoms with E-state index in [1.54, 1.807) is 6.07 Å². The van der Waals surface area contributed by atoms with Crippen molar-refractivity contribution in [2.75, 3.05) is 6.61 Å². The smallest absolute Gasteiger partial charge is 0.0490 e. The van der Waals surface area contributed by atoms with Crippen molar-refractivity contribution in [3.63, 3.8) is 0 Å². The Balaban J connectivity index is 2.21. The van der Waals surface area contributed by atoms with Crippen LogP contribution in [0, 0.1) is 11.3 Å². The Bertz CT molecular complexity index is 388. The third kappa shape index (κ3) is 2.53. The normalized spacial score (nSPS) is 19.5. The molecular weight excluding hydrogens is 243 g/mol. The van der Waals surface area contributed by atoms with Gasteiger partial charge < -0.3 is 5.11 Å². The maximum Gasteiger partial charge on any atom is 0.0490 e. The minimum absolute atomic E-state index is 0.0473. The fourth-order valence-corrected chi connectivity index (χ4v) is 2.60. The molecule has 88 valence electrons. The molecule has 1 N–H and O–H groups in total. The van der Waals surface area contributed by atoms with Gasteiger partial charge in [0.1, 0.15) is 0 Å². The average Bonchev–Trinajstić information content (AvgIpc) is 3.07. The molecule has 1 saturated carbocycles. The minimum atomic E-state index is -0.0473. The van der Waals surface area contributed by atoms with Gasteiger partial charge in [0.05, 0.1) is 0 Å². The van der Waals surface area contributed by atoms with E-state index in [1.807, 2.05) is 12.1 Å². The lowest BCUT2D eigenvalue weighted by atomic mass is 9.80. The Morgan fingerprint density at radius 3 is 2.62 bits per heavy atom. The van der Waals surface area contributed by atoms with E-state index >= 15 is 0 Å². The Labute approximate surface area is 106 Å². The quantitative estimate of drug-likeness (QED) is 0.868. The number of benzene rings is 1. The second-order valence-electron chi connectivity index (χ2n) is 5.00. The molecule has 1 nitrogen and oxygen atoms in total. The predicted molar refractivity (Wildman–Crippen MR) is 68.1 cm³/mol. The zero-order chi connectivity index (χ0) is 11.8. The summed E-state index contributed by atoms with van der Waals surface area (Å²) in [6, 6.07) is 5.52. The van der Waals surface area contributed by atoms with Crippen molar-refractivity contribution in [1.29, 1.82) is 0 Å². The van der Waals surface area contributed by atoms with Crippen LogP contribution in [0.25, 0.3) is 0 Å². The first-order valence-electron chi connectivity index (χ1n) is 5.60. The van der Waals surface area contributed by atoms with Gasteiger partial charge in [-0.2, -0.15) is 0 Å². The highest BCUT2D eigenvalue weighted by Crippen LogP contribution is 2.47. The first-order chi connectivity index (χ1) is 7.55. The molecule has 16 heavy (non-hydrogen) atoms. The second-order valence-corrected chi connectivity index (χ2v) is 5.84. The van der Waals surface area contributed by atoms with E-state index in [2.05, 4.69) is 6.92 Å². The zero-order valence-electron chi connectivity index (χ0n) is 9.34. The SMILES string of the molecule is CC(CO)(Cc1cc(Cl)ccc1Cl)C1CC1. The van der Waals surface area contributed by atoms with Gasteiger partial charge in [-0.15, -0.1) is 0 Å². The molecule has 1 aromatic rings. The summed E-state index contributed by atoms with van der Waals surface area (Å²) in [6.45, 7) is 2.34. The van der Waals surface area contributed by atoms with Gasteiger partial charge in [0.2, 0.25) is 0 Å². The summed E-state index contributed by atoms with van der Waals surface area (Å²) in [5, 5.41) is 11.0. The van der Waals surface area contributed by atoms with Crippen LogP contribution in [0.5, 0.6) is 0 Å². The molecule has 0 saturated heterocycles. The lowest BCUT2D eigenvalue weighted by Gasteiger charge is -2.27. The van der Waals surface area contributed by atoms with Crippen molar-refractivity contribution in [1.82, 2.24) is 0 Å². The maximum atomic E-state index is 9.54. The van der Waals surface area contributed by atoms with E-state index in [0.29, 0.717) is 10.9 Å². The first-order valence-corrected chi connectivity index (χ1v) is 6.35. The van der Waals surface area contributed by atoms with Crippen molar-refractivity contribution < 1.29 is 5.11 Å². The van der Waals surface area contributed by atoms with Gasteiger partial charge >= 0.3 is 0 Å². The fraction of sp³-hybridized carbons (Fsp3) is 0.538. The Hall–Kier alpha value is -0.240. The van der Waals surface area contributed by atoms with Gasteiger partial charge in [-0.3, -0.25) is 0 Å². The van der Waals surface area contributed by atoms with Crippen LogP contribution in [0.2, 0.25) is 10.0 Å². The van der Waals surface area contributed by atoms with Gasteiger partial charge in [0.25, 0.3) is 0 Å². The van der Waals surface area contributed by atoms with Crippen molar-refractivity contribution in [3.05, 3.63) is 33.8 Å². The molecule has 1 aliphatic rings. The molecule has 1 aliphatic carbocycles. The fourth-order valence-electron chi connectivity index (χ4n) is 2.22. The largest absolute Gasteiger partial charge is 0.396 e. The molecule has 2 rings (SSSR count). The van der Waals surface area contributed by atoms with Gasteiger partial charge in [-0.1, -0.05) is 30.1 Å². The van der Waals surface area contributed by atoms with Crippen molar-refractivity contribution in [2.24, 2.45) is 11.3 Å². The lowest BCUT2D eigenvalue weighted by molar-refractivity contribution is 0.119. The highest BCUT2D eigenvalue weighted by Gasteiger charge is 2.41. The highest BCUT2D eigenvalue weighted by molar-refractivity contribution is 6.33. The summed E-state index contributed by atoms with van der Waals surface area (Å²) in [4.78, 5) is 0. The van der Waals surface area contributed by atoms with Crippen molar-refractivity contribution in [2.45, 2.75) is 26.2 Å². The van der Waals surface area contributed by atoms with Gasteiger partial charge in [0, 0.05) is 16.7 Å². The van der Waals surface area contributed by atoms with Gasteiger partial charge in [-0.05, 0) is 54.4 Å². The first kappa shape index (κ1) is 12.2. The number of aliphatic hydroxyl groups is 1. The molecule has 0 amide bonds. The summed E-state index contributed by atoms with van der Waals surface area (Å²) >= 11 is 12.1. The molecule has 0 aliphatic heterocycles. The van der Waals surface area contributed by atoms with E-state index in [-0.39, 0.29) is 12.0 Å². The molecule has 1 unspecified atom stereocenters. The van der Waals surface area contributed by atoms with Crippen LogP contribution in [-0.2, 0) is 6.42 Å². The lowest BCUT2D eigenvalue weighted by Crippen LogP contribution is -2.27. The predicted octanol–water partition coefficient (Wildman–Crippen LogP) is 3.94. The third-order valence-corrected chi connectivity index (χ3v) is 4.13. The van der Waals surface area contributed by atoms with Crippen LogP contribution in [0.1, 0.15) is 25.3 Å². The van der Waals surface area contributed by atoms with Crippen LogP contribution in [0.4, 0.5) is 0 Å². The molecule has 1 fully saturated rings. The number of halogens is 2. The molecule has 1 aromatic carbocycles. The summed E-state index contributed by atoms with van der Waals surface area (Å²) in [6.07, 6.45) is 3.23. The monoisotopic (exact) mass is 258 g/mol. The molecule has 1 atom stereocenters. The van der Waals surface area contributed by atoms with Crippen LogP contribution in [0.3, 0.4) is 0 Å². The minimum Gasteiger partial charge on any atom is -0.396 e. The molecule has 0 radical (unpaired) electrons. The topological polar surface area (TPSA) is 20.2 Å². The summed E-state index contributed by atoms with van der Waals surface area (Å²) in [5.41, 5.74) is 0.992. The van der Waals surface area contributed by atoms with E-state index in [4.69, 9.17) is 23.2 Å². The Kier molecular flexibility index (Phi) is 3.48. The third-order valence-electron chi connectivity index (χ3n) is 3.53. The molecule has 3 heteroatoms. The molecule has 0 spiro atoms. The number of hydrogen-bond donors (Lipinski definition) is 1. The number of hydrogen-bond acceptors (Lipinski definition) is 1. The van der Waals surface area contributed by atoms with E-state index in [9.17, 15) is 5.11 Å². The standard InChI is InChI=1S/C13H16Cl2O/c1-13(8-16,10-2-3-10)7-9-6-11(14)4-5-12(9)15/h4-6,10,16H,2-3,7-8H2,1H3. The van der Waals surface area contributed by atoms with E-state index in [0.717, 1.165) is 17.0 Å². The summed E-state index contributed by atoms with van der Waals surface area (Å²) < 4.78 is 0. The molecule has 0 heterocycles. The van der Waals surface area contributed by atoms with Gasteiger partial charge in [0.15, 0.2) is 0 Å². The maximum absolute atomic E-state index is 9.54. The van der Waals surface area contributed by atoms with E-state index in [1.165, 1.54) is 12.8 Å². The summed E-state index contributed by atoms with van der Waals surface area (Å²) in [7, 11) is 0. The Morgan fingerprint density at radius 2 is 2.06 bits per heavy atom. The Morgan fingerprint density at radius 1 is 1.38 bits per heavy atom.